The number of aliphatic hydroxyl groups is 1. The van der Waals surface area contributed by atoms with Crippen molar-refractivity contribution in [1.29, 1.82) is 0 Å². The molecule has 1 saturated heterocycles. The third-order valence-corrected chi connectivity index (χ3v) is 3.14. The molecular weight excluding hydrogens is 224 g/mol. The molecule has 1 fully saturated rings. The first-order valence-electron chi connectivity index (χ1n) is 5.56. The zero-order valence-corrected chi connectivity index (χ0v) is 10.7. The van der Waals surface area contributed by atoms with E-state index in [1.54, 1.807) is 18.7 Å². The standard InChI is InChI=1S/C11H20N2O4/c1-10(2)8(14)12-5-6-13(10)7-11(3,16)9(15)17-4/h16H,5-7H2,1-4H3,(H,12,14). The fourth-order valence-corrected chi connectivity index (χ4v) is 1.88. The van der Waals surface area contributed by atoms with Crippen molar-refractivity contribution < 1.29 is 19.4 Å². The maximum Gasteiger partial charge on any atom is 0.338 e. The van der Waals surface area contributed by atoms with E-state index in [4.69, 9.17) is 0 Å². The Kier molecular flexibility index (Phi) is 3.78. The van der Waals surface area contributed by atoms with Crippen LogP contribution in [0.5, 0.6) is 0 Å². The predicted octanol–water partition coefficient (Wildman–Crippen LogP) is -0.879. The Morgan fingerprint density at radius 1 is 1.65 bits per heavy atom. The van der Waals surface area contributed by atoms with Gasteiger partial charge in [0.1, 0.15) is 0 Å². The van der Waals surface area contributed by atoms with Gasteiger partial charge in [0.25, 0.3) is 0 Å². The highest BCUT2D eigenvalue weighted by Gasteiger charge is 2.43. The predicted molar refractivity (Wildman–Crippen MR) is 61.3 cm³/mol. The quantitative estimate of drug-likeness (QED) is 0.630. The van der Waals surface area contributed by atoms with Gasteiger partial charge in [0.2, 0.25) is 5.91 Å². The molecule has 17 heavy (non-hydrogen) atoms. The molecule has 1 heterocycles. The molecule has 0 aromatic rings. The fraction of sp³-hybridized carbons (Fsp3) is 0.818. The number of esters is 1. The van der Waals surface area contributed by atoms with Gasteiger partial charge in [-0.15, -0.1) is 0 Å². The summed E-state index contributed by atoms with van der Waals surface area (Å²) in [6.07, 6.45) is 0. The highest BCUT2D eigenvalue weighted by Crippen LogP contribution is 2.21. The van der Waals surface area contributed by atoms with Crippen LogP contribution in [0.25, 0.3) is 0 Å². The van der Waals surface area contributed by atoms with Crippen LogP contribution in [0.1, 0.15) is 20.8 Å². The maximum atomic E-state index is 11.7. The maximum absolute atomic E-state index is 11.7. The van der Waals surface area contributed by atoms with Gasteiger partial charge in [-0.3, -0.25) is 9.69 Å². The van der Waals surface area contributed by atoms with E-state index in [0.29, 0.717) is 13.1 Å². The number of nitrogens with one attached hydrogen (secondary N) is 1. The molecule has 98 valence electrons. The number of amides is 1. The van der Waals surface area contributed by atoms with Gasteiger partial charge in [0.05, 0.1) is 12.6 Å². The van der Waals surface area contributed by atoms with Crippen molar-refractivity contribution in [3.63, 3.8) is 0 Å². The van der Waals surface area contributed by atoms with Crippen LogP contribution in [0.3, 0.4) is 0 Å². The lowest BCUT2D eigenvalue weighted by atomic mass is 9.95. The molecule has 6 nitrogen and oxygen atoms in total. The summed E-state index contributed by atoms with van der Waals surface area (Å²) in [6, 6.07) is 0. The molecule has 1 atom stereocenters. The van der Waals surface area contributed by atoms with Crippen molar-refractivity contribution in [2.24, 2.45) is 0 Å². The molecule has 0 aromatic carbocycles. The van der Waals surface area contributed by atoms with Crippen LogP contribution in [-0.2, 0) is 14.3 Å². The zero-order chi connectivity index (χ0) is 13.3. The lowest BCUT2D eigenvalue weighted by Crippen LogP contribution is -2.65. The summed E-state index contributed by atoms with van der Waals surface area (Å²) in [7, 11) is 1.23. The molecule has 0 bridgehead atoms. The van der Waals surface area contributed by atoms with Gasteiger partial charge >= 0.3 is 5.97 Å². The van der Waals surface area contributed by atoms with Crippen LogP contribution in [0.15, 0.2) is 0 Å². The molecule has 1 aliphatic heterocycles. The highest BCUT2D eigenvalue weighted by molar-refractivity contribution is 5.86. The minimum atomic E-state index is -1.61. The van der Waals surface area contributed by atoms with E-state index < -0.39 is 17.1 Å². The van der Waals surface area contributed by atoms with Crippen molar-refractivity contribution in [2.75, 3.05) is 26.7 Å². The van der Waals surface area contributed by atoms with Crippen LogP contribution >= 0.6 is 0 Å². The van der Waals surface area contributed by atoms with E-state index >= 15 is 0 Å². The molecule has 0 aromatic heterocycles. The molecular formula is C11H20N2O4. The number of carbonyl (C=O) groups is 2. The van der Waals surface area contributed by atoms with E-state index in [1.807, 2.05) is 0 Å². The summed E-state index contributed by atoms with van der Waals surface area (Å²) in [5.41, 5.74) is -2.35. The van der Waals surface area contributed by atoms with Gasteiger partial charge in [0, 0.05) is 19.6 Å². The third-order valence-electron chi connectivity index (χ3n) is 3.14. The van der Waals surface area contributed by atoms with E-state index in [2.05, 4.69) is 10.1 Å². The van der Waals surface area contributed by atoms with Crippen LogP contribution in [-0.4, -0.2) is 59.8 Å². The van der Waals surface area contributed by atoms with Gasteiger partial charge in [-0.1, -0.05) is 0 Å². The molecule has 1 unspecified atom stereocenters. The minimum absolute atomic E-state index is 0.0695. The summed E-state index contributed by atoms with van der Waals surface area (Å²) in [5, 5.41) is 12.8. The first-order chi connectivity index (χ1) is 7.71. The summed E-state index contributed by atoms with van der Waals surface area (Å²) >= 11 is 0. The monoisotopic (exact) mass is 244 g/mol. The largest absolute Gasteiger partial charge is 0.467 e. The van der Waals surface area contributed by atoms with Crippen molar-refractivity contribution in [1.82, 2.24) is 10.2 Å². The lowest BCUT2D eigenvalue weighted by molar-refractivity contribution is -0.165. The minimum Gasteiger partial charge on any atom is -0.467 e. The third kappa shape index (κ3) is 2.76. The molecule has 2 N–H and O–H groups in total. The van der Waals surface area contributed by atoms with Gasteiger partial charge in [-0.25, -0.2) is 4.79 Å². The molecule has 1 amide bonds. The Balaban J connectivity index is 2.80. The van der Waals surface area contributed by atoms with Crippen LogP contribution in [0.2, 0.25) is 0 Å². The molecule has 0 spiro atoms. The summed E-state index contributed by atoms with van der Waals surface area (Å²) in [5.74, 6) is -0.802. The van der Waals surface area contributed by atoms with Crippen LogP contribution in [0.4, 0.5) is 0 Å². The second-order valence-corrected chi connectivity index (χ2v) is 5.00. The number of piperazine rings is 1. The smallest absolute Gasteiger partial charge is 0.338 e. The van der Waals surface area contributed by atoms with Gasteiger partial charge in [0.15, 0.2) is 5.60 Å². The van der Waals surface area contributed by atoms with Crippen molar-refractivity contribution in [3.8, 4) is 0 Å². The van der Waals surface area contributed by atoms with Crippen molar-refractivity contribution in [3.05, 3.63) is 0 Å². The number of hydrogen-bond donors (Lipinski definition) is 2. The Morgan fingerprint density at radius 3 is 2.76 bits per heavy atom. The second kappa shape index (κ2) is 4.62. The van der Waals surface area contributed by atoms with Crippen LogP contribution < -0.4 is 5.32 Å². The normalized spacial score (nSPS) is 23.7. The molecule has 0 aliphatic carbocycles. The average Bonchev–Trinajstić information content (AvgIpc) is 2.24. The number of rotatable bonds is 3. The van der Waals surface area contributed by atoms with Crippen LogP contribution in [0, 0.1) is 0 Å². The molecule has 1 aliphatic rings. The number of ether oxygens (including phenoxy) is 1. The Hall–Kier alpha value is -1.14. The second-order valence-electron chi connectivity index (χ2n) is 5.00. The first kappa shape index (κ1) is 13.9. The molecule has 1 rings (SSSR count). The highest BCUT2D eigenvalue weighted by atomic mass is 16.5. The lowest BCUT2D eigenvalue weighted by Gasteiger charge is -2.43. The van der Waals surface area contributed by atoms with Crippen molar-refractivity contribution in [2.45, 2.75) is 31.9 Å². The number of β-amino-alcohol motifs (C(OH)–C–C–N with tert-alkyl or cyclic N) is 1. The number of hydrogen-bond acceptors (Lipinski definition) is 5. The Labute approximate surface area is 101 Å². The van der Waals surface area contributed by atoms with Gasteiger partial charge in [-0.05, 0) is 20.8 Å². The number of methoxy groups -OCH3 is 1. The molecule has 0 radical (unpaired) electrons. The molecule has 6 heteroatoms. The average molecular weight is 244 g/mol. The van der Waals surface area contributed by atoms with E-state index in [-0.39, 0.29) is 12.5 Å². The fourth-order valence-electron chi connectivity index (χ4n) is 1.88. The van der Waals surface area contributed by atoms with Gasteiger partial charge < -0.3 is 15.2 Å². The number of nitrogens with zero attached hydrogens (tertiary/aromatic N) is 1. The zero-order valence-electron chi connectivity index (χ0n) is 10.7. The van der Waals surface area contributed by atoms with E-state index in [9.17, 15) is 14.7 Å². The topological polar surface area (TPSA) is 78.9 Å². The number of carbonyl (C=O) groups excluding carboxylic acids is 2. The van der Waals surface area contributed by atoms with Crippen molar-refractivity contribution >= 4 is 11.9 Å². The summed E-state index contributed by atoms with van der Waals surface area (Å²) in [6.45, 7) is 6.08. The first-order valence-corrected chi connectivity index (χ1v) is 5.56. The van der Waals surface area contributed by atoms with Gasteiger partial charge in [-0.2, -0.15) is 0 Å². The SMILES string of the molecule is COC(=O)C(C)(O)CN1CCNC(=O)C1(C)C. The molecule has 0 saturated carbocycles. The summed E-state index contributed by atoms with van der Waals surface area (Å²) in [4.78, 5) is 24.9. The van der Waals surface area contributed by atoms with E-state index in [1.165, 1.54) is 14.0 Å². The Morgan fingerprint density at radius 2 is 2.24 bits per heavy atom. The van der Waals surface area contributed by atoms with E-state index in [0.717, 1.165) is 0 Å². The Bertz CT molecular complexity index is 325. The summed E-state index contributed by atoms with van der Waals surface area (Å²) < 4.78 is 4.54.